The summed E-state index contributed by atoms with van der Waals surface area (Å²) in [5.41, 5.74) is -4.40. The first kappa shape index (κ1) is 62.4. The maximum atomic E-state index is 16.1. The largest absolute Gasteiger partial charge is 0.453 e. The van der Waals surface area contributed by atoms with Gasteiger partial charge >= 0.3 is 31.1 Å². The Morgan fingerprint density at radius 3 is 1.80 bits per heavy atom. The van der Waals surface area contributed by atoms with Crippen molar-refractivity contribution < 1.29 is 86.9 Å². The Bertz CT molecular complexity index is 2960. The number of pyridine rings is 1. The van der Waals surface area contributed by atoms with Gasteiger partial charge in [0.05, 0.1) is 63.0 Å². The Hall–Kier alpha value is -7.22. The van der Waals surface area contributed by atoms with E-state index in [0.29, 0.717) is 74.1 Å². The summed E-state index contributed by atoms with van der Waals surface area (Å²) >= 11 is 0. The van der Waals surface area contributed by atoms with E-state index in [-0.39, 0.29) is 21.5 Å². The molecule has 82 heavy (non-hydrogen) atoms. The van der Waals surface area contributed by atoms with Crippen molar-refractivity contribution in [2.75, 3.05) is 59.0 Å². The maximum absolute atomic E-state index is 16.1. The monoisotopic (exact) mass is 1170 g/mol. The van der Waals surface area contributed by atoms with E-state index in [1.807, 2.05) is 22.9 Å². The number of benzene rings is 2. The standard InChI is InChI=1S/C54H62F10N10O8/c1-51(2,53(59,60)61)44(67-49(78)80-6)46(76)66-41(20-31-11-8-30(9-12-31)10-13-32-14-17-43(65-23-32)71-24-34-15-16-35(25-71)74(34,5)36-28-82-29-36)42(75)27-72(70-47(77)45(68-50(79)81-7)52(3,4)54(62,63)64)26-37-38(55)21-33(22-39(37)56)40-18-19-73(69-40)48(57)58/h8-9,11-12,14,17-19,21-23,34-36,41-42,44-45,48,75H,15-16,20,24-29H2,1-7H3,(H3-,66,67,68,70,76,77,78,79)/p+1/t34?,35?,41-,42-,44+,45+,74?/m0/s1. The molecule has 5 N–H and O–H groups in total. The third-order valence-corrected chi connectivity index (χ3v) is 15.9. The normalized spacial score (nSPS) is 20.0. The van der Waals surface area contributed by atoms with Gasteiger partial charge in [-0.25, -0.2) is 33.0 Å². The molecule has 2 aromatic carbocycles. The number of anilines is 1. The number of alkyl halides is 8. The Morgan fingerprint density at radius 1 is 0.793 bits per heavy atom. The topological polar surface area (TPSA) is 202 Å². The number of carbonyl (C=O) groups excluding carboxylic acids is 4. The number of alkyl carbamates (subject to hydrolysis) is 2. The van der Waals surface area contributed by atoms with Crippen LogP contribution in [0.25, 0.3) is 11.3 Å². The molecule has 18 nitrogen and oxygen atoms in total. The van der Waals surface area contributed by atoms with Crippen molar-refractivity contribution in [2.45, 2.75) is 115 Å². The fourth-order valence-corrected chi connectivity index (χ4v) is 10.2. The lowest BCUT2D eigenvalue weighted by atomic mass is 9.82. The number of hydrogen-bond donors (Lipinski definition) is 5. The highest BCUT2D eigenvalue weighted by molar-refractivity contribution is 5.87. The van der Waals surface area contributed by atoms with Gasteiger partial charge in [-0.1, -0.05) is 24.0 Å². The summed E-state index contributed by atoms with van der Waals surface area (Å²) < 4.78 is 162. The molecule has 5 heterocycles. The number of nitrogens with zero attached hydrogens (tertiary/aromatic N) is 6. The van der Waals surface area contributed by atoms with Crippen LogP contribution in [0.1, 0.15) is 69.3 Å². The number of hydrogen-bond acceptors (Lipinski definition) is 12. The Labute approximate surface area is 465 Å². The highest BCUT2D eigenvalue weighted by atomic mass is 19.4. The molecular formula is C54H63F10N10O8+. The number of carbonyl (C=O) groups is 4. The summed E-state index contributed by atoms with van der Waals surface area (Å²) in [6.07, 6.45) is -11.3. The number of ether oxygens (including phenoxy) is 3. The second kappa shape index (κ2) is 24.7. The summed E-state index contributed by atoms with van der Waals surface area (Å²) in [6, 6.07) is 6.81. The number of hydrazine groups is 1. The number of quaternary nitrogens is 1. The van der Waals surface area contributed by atoms with Crippen LogP contribution in [0.5, 0.6) is 0 Å². The molecule has 2 bridgehead atoms. The van der Waals surface area contributed by atoms with Crippen LogP contribution in [0.15, 0.2) is 67.0 Å². The lowest BCUT2D eigenvalue weighted by Crippen LogP contribution is -2.72. The third kappa shape index (κ3) is 13.6. The number of likely N-dealkylation sites (N-methyl/N-ethyl adjacent to an activating group) is 1. The zero-order chi connectivity index (χ0) is 60.3. The van der Waals surface area contributed by atoms with Crippen molar-refractivity contribution in [3.8, 4) is 23.1 Å². The highest BCUT2D eigenvalue weighted by Gasteiger charge is 2.59. The van der Waals surface area contributed by atoms with Gasteiger partial charge in [-0.05, 0) is 82.1 Å². The average molecular weight is 1170 g/mol. The van der Waals surface area contributed by atoms with Crippen LogP contribution >= 0.6 is 0 Å². The number of rotatable bonds is 19. The van der Waals surface area contributed by atoms with Gasteiger partial charge in [0.2, 0.25) is 5.91 Å². The first-order chi connectivity index (χ1) is 38.4. The number of piperazine rings is 1. The summed E-state index contributed by atoms with van der Waals surface area (Å²) in [7, 11) is 3.94. The zero-order valence-corrected chi connectivity index (χ0v) is 45.6. The molecule has 446 valence electrons. The summed E-state index contributed by atoms with van der Waals surface area (Å²) in [5, 5.41) is 22.1. The number of amides is 4. The van der Waals surface area contributed by atoms with Crippen LogP contribution < -0.4 is 26.3 Å². The van der Waals surface area contributed by atoms with Crippen molar-refractivity contribution in [1.82, 2.24) is 41.1 Å². The first-order valence-electron chi connectivity index (χ1n) is 25.8. The fraction of sp³-hybridized carbons (Fsp3) is 0.519. The van der Waals surface area contributed by atoms with Crippen LogP contribution in [-0.4, -0.2) is 162 Å². The minimum absolute atomic E-state index is 0.199. The number of aromatic nitrogens is 3. The van der Waals surface area contributed by atoms with Gasteiger partial charge in [0, 0.05) is 60.6 Å². The molecule has 0 saturated carbocycles. The van der Waals surface area contributed by atoms with E-state index < -0.39 is 115 Å². The van der Waals surface area contributed by atoms with Gasteiger partial charge in [-0.15, -0.1) is 0 Å². The van der Waals surface area contributed by atoms with Gasteiger partial charge in [0.15, 0.2) is 0 Å². The van der Waals surface area contributed by atoms with Crippen LogP contribution in [0.2, 0.25) is 0 Å². The van der Waals surface area contributed by atoms with Gasteiger partial charge in [-0.3, -0.25) is 15.0 Å². The zero-order valence-electron chi connectivity index (χ0n) is 45.6. The molecule has 6 atom stereocenters. The molecule has 2 unspecified atom stereocenters. The van der Waals surface area contributed by atoms with Gasteiger partial charge in [0.25, 0.3) is 5.91 Å². The predicted octanol–water partition coefficient (Wildman–Crippen LogP) is 6.76. The summed E-state index contributed by atoms with van der Waals surface area (Å²) in [4.78, 5) is 59.9. The number of nitrogens with one attached hydrogen (secondary N) is 4. The summed E-state index contributed by atoms with van der Waals surface area (Å²) in [5.74, 6) is 0.818. The molecule has 0 aliphatic carbocycles. The van der Waals surface area contributed by atoms with E-state index in [0.717, 1.165) is 75.9 Å². The maximum Gasteiger partial charge on any atom is 0.407 e. The molecule has 2 aromatic heterocycles. The minimum atomic E-state index is -5.23. The molecular weight excluding hydrogens is 1110 g/mol. The van der Waals surface area contributed by atoms with Crippen LogP contribution in [0.4, 0.5) is 59.3 Å². The van der Waals surface area contributed by atoms with E-state index in [9.17, 15) is 59.4 Å². The van der Waals surface area contributed by atoms with E-state index >= 15 is 8.78 Å². The van der Waals surface area contributed by atoms with Crippen molar-refractivity contribution in [3.63, 3.8) is 0 Å². The van der Waals surface area contributed by atoms with Gasteiger partial charge in [0.1, 0.15) is 60.9 Å². The number of fused-ring (bicyclic) bond motifs is 2. The number of halogens is 10. The molecule has 0 spiro atoms. The quantitative estimate of drug-likeness (QED) is 0.0286. The van der Waals surface area contributed by atoms with E-state index in [4.69, 9.17) is 9.72 Å². The van der Waals surface area contributed by atoms with Crippen LogP contribution in [-0.2, 0) is 36.8 Å². The Balaban J connectivity index is 1.18. The summed E-state index contributed by atoms with van der Waals surface area (Å²) in [6.45, 7) is 0.142. The fourth-order valence-electron chi connectivity index (χ4n) is 10.2. The van der Waals surface area contributed by atoms with Gasteiger partial charge in [-0.2, -0.15) is 40.2 Å². The molecule has 4 aromatic rings. The minimum Gasteiger partial charge on any atom is -0.453 e. The van der Waals surface area contributed by atoms with Crippen molar-refractivity contribution in [3.05, 3.63) is 101 Å². The average Bonchev–Trinajstić information content (AvgIpc) is 3.95. The number of aliphatic hydroxyl groups is 1. The second-order valence-electron chi connectivity index (χ2n) is 21.8. The van der Waals surface area contributed by atoms with E-state index in [2.05, 4.69) is 43.7 Å². The Morgan fingerprint density at radius 2 is 1.33 bits per heavy atom. The predicted molar refractivity (Wildman–Crippen MR) is 274 cm³/mol. The molecule has 3 aliphatic rings. The lowest BCUT2D eigenvalue weighted by molar-refractivity contribution is -0.974. The molecule has 7 rings (SSSR count). The van der Waals surface area contributed by atoms with Crippen LogP contribution in [0.3, 0.4) is 0 Å². The van der Waals surface area contributed by atoms with Crippen molar-refractivity contribution >= 4 is 29.8 Å². The van der Waals surface area contributed by atoms with Crippen molar-refractivity contribution in [1.29, 1.82) is 0 Å². The van der Waals surface area contributed by atoms with Gasteiger partial charge < -0.3 is 44.7 Å². The lowest BCUT2D eigenvalue weighted by Gasteiger charge is -2.54. The smallest absolute Gasteiger partial charge is 0.407 e. The second-order valence-corrected chi connectivity index (χ2v) is 21.8. The van der Waals surface area contributed by atoms with Crippen LogP contribution in [0, 0.1) is 34.3 Å². The van der Waals surface area contributed by atoms with E-state index in [1.54, 1.807) is 23.6 Å². The molecule has 0 radical (unpaired) electrons. The third-order valence-electron chi connectivity index (χ3n) is 15.9. The molecule has 3 fully saturated rings. The Kier molecular flexibility index (Phi) is 18.8. The first-order valence-corrected chi connectivity index (χ1v) is 25.8. The molecule has 4 amide bonds. The number of methoxy groups -OCH3 is 2. The molecule has 3 aliphatic heterocycles. The molecule has 28 heteroatoms. The molecule has 3 saturated heterocycles. The SMILES string of the molecule is COC(=O)N[C@H](C(=O)N[C@@H](Cc1ccc(C#Cc2ccc(N3CC4CCC(C3)[N+]4(C)C3COC3)nc2)cc1)[C@@H](O)CN(Cc1c(F)cc(-c2ccn(C(F)F)n2)cc1F)NC(=O)[C@@H](NC(=O)OC)C(C)(C)C(F)(F)F)C(C)(C)C(F)(F)F. The van der Waals surface area contributed by atoms with Crippen molar-refractivity contribution in [2.24, 2.45) is 10.8 Å². The van der Waals surface area contributed by atoms with E-state index in [1.165, 1.54) is 12.1 Å². The highest BCUT2D eigenvalue weighted by Crippen LogP contribution is 2.43. The number of aliphatic hydroxyl groups excluding tert-OH is 1.